The summed E-state index contributed by atoms with van der Waals surface area (Å²) in [5.74, 6) is 2.43. The van der Waals surface area contributed by atoms with Crippen molar-refractivity contribution < 1.29 is 19.0 Å². The van der Waals surface area contributed by atoms with Gasteiger partial charge in [-0.3, -0.25) is 4.79 Å². The molecule has 138 valence electrons. The van der Waals surface area contributed by atoms with Gasteiger partial charge in [-0.25, -0.2) is 0 Å². The lowest BCUT2D eigenvalue weighted by Gasteiger charge is -2.31. The molecule has 0 spiro atoms. The molecule has 5 nitrogen and oxygen atoms in total. The van der Waals surface area contributed by atoms with Crippen molar-refractivity contribution in [1.82, 2.24) is 0 Å². The fraction of sp³-hybridized carbons (Fsp3) is 0.381. The third-order valence-electron chi connectivity index (χ3n) is 4.80. The molecular weight excluding hydrogens is 330 g/mol. The van der Waals surface area contributed by atoms with Crippen molar-refractivity contribution in [3.05, 3.63) is 47.5 Å². The van der Waals surface area contributed by atoms with Crippen LogP contribution in [0.25, 0.3) is 0 Å². The number of methoxy groups -OCH3 is 3. The lowest BCUT2D eigenvalue weighted by atomic mass is 9.99. The second-order valence-electron chi connectivity index (χ2n) is 6.32. The minimum absolute atomic E-state index is 0.122. The quantitative estimate of drug-likeness (QED) is 0.794. The molecule has 1 amide bonds. The Labute approximate surface area is 154 Å². The van der Waals surface area contributed by atoms with Gasteiger partial charge in [-0.2, -0.15) is 0 Å². The molecule has 2 aromatic carbocycles. The number of rotatable bonds is 6. The van der Waals surface area contributed by atoms with Gasteiger partial charge in [0.1, 0.15) is 17.2 Å². The number of aryl methyl sites for hydroxylation is 1. The SMILES string of the molecule is COc1ccc(CCC(=O)N2CCCc3c(OC)cc(OC)cc32)cc1. The number of anilines is 1. The minimum atomic E-state index is 0.122. The van der Waals surface area contributed by atoms with E-state index >= 15 is 0 Å². The van der Waals surface area contributed by atoms with Crippen LogP contribution >= 0.6 is 0 Å². The predicted molar refractivity (Wildman–Crippen MR) is 102 cm³/mol. The van der Waals surface area contributed by atoms with Crippen LogP contribution in [0.3, 0.4) is 0 Å². The largest absolute Gasteiger partial charge is 0.497 e. The van der Waals surface area contributed by atoms with E-state index in [-0.39, 0.29) is 5.91 Å². The first-order valence-corrected chi connectivity index (χ1v) is 8.84. The number of nitrogens with zero attached hydrogens (tertiary/aromatic N) is 1. The Hall–Kier alpha value is -2.69. The van der Waals surface area contributed by atoms with Crippen LogP contribution in [0.1, 0.15) is 24.0 Å². The number of hydrogen-bond acceptors (Lipinski definition) is 4. The molecule has 1 heterocycles. The Morgan fingerprint density at radius 3 is 2.38 bits per heavy atom. The number of carbonyl (C=O) groups is 1. The molecule has 26 heavy (non-hydrogen) atoms. The average Bonchev–Trinajstić information content (AvgIpc) is 2.70. The van der Waals surface area contributed by atoms with Crippen molar-refractivity contribution in [3.8, 4) is 17.2 Å². The molecule has 0 atom stereocenters. The van der Waals surface area contributed by atoms with Gasteiger partial charge in [0.2, 0.25) is 5.91 Å². The zero-order valence-electron chi connectivity index (χ0n) is 15.6. The molecule has 0 saturated heterocycles. The highest BCUT2D eigenvalue weighted by molar-refractivity contribution is 5.95. The molecule has 0 fully saturated rings. The van der Waals surface area contributed by atoms with Crippen molar-refractivity contribution in [2.45, 2.75) is 25.7 Å². The third-order valence-corrected chi connectivity index (χ3v) is 4.80. The molecule has 3 rings (SSSR count). The van der Waals surface area contributed by atoms with E-state index in [4.69, 9.17) is 14.2 Å². The molecule has 0 saturated carbocycles. The van der Waals surface area contributed by atoms with Gasteiger partial charge >= 0.3 is 0 Å². The van der Waals surface area contributed by atoms with Gasteiger partial charge < -0.3 is 19.1 Å². The maximum Gasteiger partial charge on any atom is 0.227 e. The standard InChI is InChI=1S/C21H25NO4/c1-24-16-9-6-15(7-10-16)8-11-21(23)22-12-4-5-18-19(22)13-17(25-2)14-20(18)26-3/h6-7,9-10,13-14H,4-5,8,11-12H2,1-3H3. The number of fused-ring (bicyclic) bond motifs is 1. The molecule has 0 radical (unpaired) electrons. The molecule has 0 N–H and O–H groups in total. The van der Waals surface area contributed by atoms with Crippen molar-refractivity contribution in [2.75, 3.05) is 32.8 Å². The Morgan fingerprint density at radius 2 is 1.73 bits per heavy atom. The number of benzene rings is 2. The smallest absolute Gasteiger partial charge is 0.227 e. The summed E-state index contributed by atoms with van der Waals surface area (Å²) in [5, 5.41) is 0. The third kappa shape index (κ3) is 3.77. The predicted octanol–water partition coefficient (Wildman–Crippen LogP) is 3.62. The first-order chi connectivity index (χ1) is 12.7. The first kappa shape index (κ1) is 18.1. The van der Waals surface area contributed by atoms with Gasteiger partial charge in [0, 0.05) is 30.7 Å². The van der Waals surface area contributed by atoms with E-state index < -0.39 is 0 Å². The summed E-state index contributed by atoms with van der Waals surface area (Å²) in [6, 6.07) is 11.7. The van der Waals surface area contributed by atoms with Gasteiger partial charge in [-0.05, 0) is 37.0 Å². The Kier molecular flexibility index (Phi) is 5.66. The van der Waals surface area contributed by atoms with Crippen LogP contribution in [0.4, 0.5) is 5.69 Å². The highest BCUT2D eigenvalue weighted by Crippen LogP contribution is 2.38. The molecule has 1 aliphatic heterocycles. The van der Waals surface area contributed by atoms with Crippen molar-refractivity contribution >= 4 is 11.6 Å². The van der Waals surface area contributed by atoms with E-state index in [1.807, 2.05) is 41.3 Å². The monoisotopic (exact) mass is 355 g/mol. The normalized spacial score (nSPS) is 13.1. The van der Waals surface area contributed by atoms with Crippen molar-refractivity contribution in [1.29, 1.82) is 0 Å². The van der Waals surface area contributed by atoms with Crippen molar-refractivity contribution in [2.24, 2.45) is 0 Å². The van der Waals surface area contributed by atoms with Gasteiger partial charge in [-0.1, -0.05) is 12.1 Å². The minimum Gasteiger partial charge on any atom is -0.497 e. The van der Waals surface area contributed by atoms with E-state index in [0.29, 0.717) is 18.6 Å². The van der Waals surface area contributed by atoms with Crippen LogP contribution in [0, 0.1) is 0 Å². The number of hydrogen-bond donors (Lipinski definition) is 0. The lowest BCUT2D eigenvalue weighted by molar-refractivity contribution is -0.118. The second kappa shape index (κ2) is 8.13. The fourth-order valence-corrected chi connectivity index (χ4v) is 3.37. The molecule has 2 aromatic rings. The van der Waals surface area contributed by atoms with E-state index in [2.05, 4.69) is 0 Å². The second-order valence-corrected chi connectivity index (χ2v) is 6.32. The lowest BCUT2D eigenvalue weighted by Crippen LogP contribution is -2.35. The summed E-state index contributed by atoms with van der Waals surface area (Å²) in [6.45, 7) is 0.727. The maximum absolute atomic E-state index is 12.9. The molecule has 5 heteroatoms. The van der Waals surface area contributed by atoms with Crippen LogP contribution in [0.5, 0.6) is 17.2 Å². The molecule has 1 aliphatic rings. The summed E-state index contributed by atoms with van der Waals surface area (Å²) < 4.78 is 16.1. The molecule has 0 aliphatic carbocycles. The van der Waals surface area contributed by atoms with Crippen LogP contribution in [0.2, 0.25) is 0 Å². The van der Waals surface area contributed by atoms with Crippen LogP contribution in [0.15, 0.2) is 36.4 Å². The van der Waals surface area contributed by atoms with Crippen LogP contribution in [-0.4, -0.2) is 33.8 Å². The molecule has 0 aromatic heterocycles. The van der Waals surface area contributed by atoms with E-state index in [0.717, 1.165) is 47.7 Å². The van der Waals surface area contributed by atoms with E-state index in [9.17, 15) is 4.79 Å². The summed E-state index contributed by atoms with van der Waals surface area (Å²) in [4.78, 5) is 14.7. The topological polar surface area (TPSA) is 48.0 Å². The van der Waals surface area contributed by atoms with Gasteiger partial charge in [0.15, 0.2) is 0 Å². The summed E-state index contributed by atoms with van der Waals surface area (Å²) >= 11 is 0. The molecular formula is C21H25NO4. The van der Waals surface area contributed by atoms with E-state index in [1.165, 1.54) is 0 Å². The summed E-state index contributed by atoms with van der Waals surface area (Å²) in [6.07, 6.45) is 3.01. The number of carbonyl (C=O) groups excluding carboxylic acids is 1. The van der Waals surface area contributed by atoms with Crippen LogP contribution in [-0.2, 0) is 17.6 Å². The molecule has 0 bridgehead atoms. The highest BCUT2D eigenvalue weighted by atomic mass is 16.5. The zero-order chi connectivity index (χ0) is 18.5. The fourth-order valence-electron chi connectivity index (χ4n) is 3.37. The Balaban J connectivity index is 1.76. The van der Waals surface area contributed by atoms with Crippen molar-refractivity contribution in [3.63, 3.8) is 0 Å². The van der Waals surface area contributed by atoms with Gasteiger partial charge in [-0.15, -0.1) is 0 Å². The van der Waals surface area contributed by atoms with Gasteiger partial charge in [0.25, 0.3) is 0 Å². The van der Waals surface area contributed by atoms with Gasteiger partial charge in [0.05, 0.1) is 27.0 Å². The van der Waals surface area contributed by atoms with E-state index in [1.54, 1.807) is 21.3 Å². The maximum atomic E-state index is 12.9. The molecule has 0 unspecified atom stereocenters. The zero-order valence-corrected chi connectivity index (χ0v) is 15.6. The Morgan fingerprint density at radius 1 is 1.00 bits per heavy atom. The highest BCUT2D eigenvalue weighted by Gasteiger charge is 2.25. The summed E-state index contributed by atoms with van der Waals surface area (Å²) in [7, 11) is 4.92. The van der Waals surface area contributed by atoms with Crippen LogP contribution < -0.4 is 19.1 Å². The summed E-state index contributed by atoms with van der Waals surface area (Å²) in [5.41, 5.74) is 3.11. The number of amides is 1. The first-order valence-electron chi connectivity index (χ1n) is 8.84. The Bertz CT molecular complexity index is 770. The number of ether oxygens (including phenoxy) is 3. The average molecular weight is 355 g/mol.